The van der Waals surface area contributed by atoms with Crippen LogP contribution in [0.15, 0.2) is 82.7 Å². The summed E-state index contributed by atoms with van der Waals surface area (Å²) in [7, 11) is 0. The van der Waals surface area contributed by atoms with E-state index < -0.39 is 0 Å². The maximum absolute atomic E-state index is 13.4. The van der Waals surface area contributed by atoms with Crippen LogP contribution >= 0.6 is 11.3 Å². The highest BCUT2D eigenvalue weighted by Crippen LogP contribution is 2.30. The second-order valence-electron chi connectivity index (χ2n) is 8.15. The van der Waals surface area contributed by atoms with Crippen molar-refractivity contribution in [2.45, 2.75) is 20.4 Å². The molecule has 5 rings (SSSR count). The number of carbonyl (C=O) groups is 2. The number of rotatable bonds is 7. The molecule has 36 heavy (non-hydrogen) atoms. The van der Waals surface area contributed by atoms with Gasteiger partial charge in [0.2, 0.25) is 5.91 Å². The third kappa shape index (κ3) is 4.96. The Kier molecular flexibility index (Phi) is 6.46. The molecule has 8 nitrogen and oxygen atoms in total. The molecule has 3 aromatic heterocycles. The highest BCUT2D eigenvalue weighted by molar-refractivity contribution is 7.14. The van der Waals surface area contributed by atoms with Gasteiger partial charge in [0, 0.05) is 24.1 Å². The van der Waals surface area contributed by atoms with Gasteiger partial charge in [-0.25, -0.2) is 9.67 Å². The van der Waals surface area contributed by atoms with Crippen molar-refractivity contribution >= 4 is 28.3 Å². The SMILES string of the molecule is CC(=O)NCc1ccc(-c2csc(NC(=O)c3cn(-c4ccccc4)nc3-c3ccccc3C)n2)o1. The van der Waals surface area contributed by atoms with Crippen LogP contribution in [0, 0.1) is 6.92 Å². The Morgan fingerprint density at radius 1 is 1.03 bits per heavy atom. The van der Waals surface area contributed by atoms with E-state index in [-0.39, 0.29) is 11.8 Å². The first-order chi connectivity index (χ1) is 17.5. The summed E-state index contributed by atoms with van der Waals surface area (Å²) < 4.78 is 7.48. The zero-order valence-corrected chi connectivity index (χ0v) is 20.5. The van der Waals surface area contributed by atoms with E-state index in [1.165, 1.54) is 18.3 Å². The quantitative estimate of drug-likeness (QED) is 0.311. The lowest BCUT2D eigenvalue weighted by Gasteiger charge is -2.05. The second-order valence-corrected chi connectivity index (χ2v) is 9.01. The van der Waals surface area contributed by atoms with E-state index in [9.17, 15) is 9.59 Å². The molecule has 5 aromatic rings. The summed E-state index contributed by atoms with van der Waals surface area (Å²) in [4.78, 5) is 29.0. The molecule has 0 spiro atoms. The van der Waals surface area contributed by atoms with Gasteiger partial charge < -0.3 is 9.73 Å². The van der Waals surface area contributed by atoms with Crippen molar-refractivity contribution in [2.75, 3.05) is 5.32 Å². The number of benzene rings is 2. The van der Waals surface area contributed by atoms with Crippen LogP contribution in [-0.4, -0.2) is 26.6 Å². The number of hydrogen-bond donors (Lipinski definition) is 2. The molecule has 2 N–H and O–H groups in total. The predicted molar refractivity (Wildman–Crippen MR) is 139 cm³/mol. The molecule has 0 saturated carbocycles. The minimum Gasteiger partial charge on any atom is -0.458 e. The van der Waals surface area contributed by atoms with Gasteiger partial charge in [0.15, 0.2) is 10.9 Å². The molecular formula is C27H23N5O3S. The van der Waals surface area contributed by atoms with Gasteiger partial charge in [-0.05, 0) is 36.8 Å². The summed E-state index contributed by atoms with van der Waals surface area (Å²) in [5.41, 5.74) is 4.41. The van der Waals surface area contributed by atoms with E-state index >= 15 is 0 Å². The Morgan fingerprint density at radius 3 is 2.58 bits per heavy atom. The van der Waals surface area contributed by atoms with Gasteiger partial charge in [-0.1, -0.05) is 42.5 Å². The molecule has 3 heterocycles. The number of thiazole rings is 1. The molecular weight excluding hydrogens is 474 g/mol. The summed E-state index contributed by atoms with van der Waals surface area (Å²) >= 11 is 1.30. The Balaban J connectivity index is 1.41. The maximum Gasteiger partial charge on any atom is 0.261 e. The number of anilines is 1. The molecule has 2 amide bonds. The minimum atomic E-state index is -0.304. The molecule has 0 radical (unpaired) electrons. The third-order valence-corrected chi connectivity index (χ3v) is 6.29. The van der Waals surface area contributed by atoms with Crippen molar-refractivity contribution in [3.05, 3.63) is 95.2 Å². The first kappa shape index (κ1) is 23.3. The van der Waals surface area contributed by atoms with E-state index in [0.717, 1.165) is 16.8 Å². The first-order valence-electron chi connectivity index (χ1n) is 11.3. The summed E-state index contributed by atoms with van der Waals surface area (Å²) in [6.07, 6.45) is 1.74. The van der Waals surface area contributed by atoms with E-state index in [1.54, 1.807) is 23.0 Å². The monoisotopic (exact) mass is 497 g/mol. The summed E-state index contributed by atoms with van der Waals surface area (Å²) in [6, 6.07) is 21.1. The summed E-state index contributed by atoms with van der Waals surface area (Å²) in [5.74, 6) is 0.744. The fraction of sp³-hybridized carbons (Fsp3) is 0.111. The highest BCUT2D eigenvalue weighted by atomic mass is 32.1. The minimum absolute atomic E-state index is 0.132. The van der Waals surface area contributed by atoms with Crippen molar-refractivity contribution in [3.8, 4) is 28.4 Å². The van der Waals surface area contributed by atoms with Crippen LogP contribution in [0.3, 0.4) is 0 Å². The second kappa shape index (κ2) is 10.0. The zero-order valence-electron chi connectivity index (χ0n) is 19.7. The van der Waals surface area contributed by atoms with Crippen molar-refractivity contribution in [1.82, 2.24) is 20.1 Å². The normalized spacial score (nSPS) is 10.8. The van der Waals surface area contributed by atoms with Gasteiger partial charge in [0.1, 0.15) is 17.1 Å². The van der Waals surface area contributed by atoms with Gasteiger partial charge in [-0.2, -0.15) is 5.10 Å². The fourth-order valence-corrected chi connectivity index (χ4v) is 4.42. The molecule has 0 atom stereocenters. The Labute approximate surface area is 211 Å². The molecule has 2 aromatic carbocycles. The number of hydrogen-bond acceptors (Lipinski definition) is 6. The molecule has 180 valence electrons. The molecule has 0 saturated heterocycles. The van der Waals surface area contributed by atoms with Crippen molar-refractivity contribution in [3.63, 3.8) is 0 Å². The molecule has 0 aliphatic heterocycles. The number of aromatic nitrogens is 3. The number of furan rings is 1. The van der Waals surface area contributed by atoms with E-state index in [0.29, 0.717) is 40.1 Å². The van der Waals surface area contributed by atoms with Crippen LogP contribution in [0.2, 0.25) is 0 Å². The summed E-state index contributed by atoms with van der Waals surface area (Å²) in [6.45, 7) is 3.75. The largest absolute Gasteiger partial charge is 0.458 e. The number of amides is 2. The van der Waals surface area contributed by atoms with Gasteiger partial charge in [-0.3, -0.25) is 14.9 Å². The number of aryl methyl sites for hydroxylation is 1. The molecule has 0 aliphatic carbocycles. The zero-order chi connectivity index (χ0) is 25.1. The van der Waals surface area contributed by atoms with Gasteiger partial charge in [-0.15, -0.1) is 11.3 Å². The molecule has 0 bridgehead atoms. The van der Waals surface area contributed by atoms with Crippen LogP contribution in [0.5, 0.6) is 0 Å². The number of nitrogens with one attached hydrogen (secondary N) is 2. The van der Waals surface area contributed by atoms with Crippen molar-refractivity contribution < 1.29 is 14.0 Å². The molecule has 0 fully saturated rings. The maximum atomic E-state index is 13.4. The average Bonchev–Trinajstić information content (AvgIpc) is 3.63. The smallest absolute Gasteiger partial charge is 0.261 e. The summed E-state index contributed by atoms with van der Waals surface area (Å²) in [5, 5.41) is 12.6. The Hall–Kier alpha value is -4.50. The lowest BCUT2D eigenvalue weighted by Crippen LogP contribution is -2.18. The van der Waals surface area contributed by atoms with E-state index in [1.807, 2.05) is 66.9 Å². The van der Waals surface area contributed by atoms with Crippen LogP contribution in [0.25, 0.3) is 28.4 Å². The average molecular weight is 498 g/mol. The number of carbonyl (C=O) groups excluding carboxylic acids is 2. The third-order valence-electron chi connectivity index (χ3n) is 5.53. The Bertz CT molecular complexity index is 1530. The van der Waals surface area contributed by atoms with Gasteiger partial charge in [0.25, 0.3) is 5.91 Å². The van der Waals surface area contributed by atoms with Crippen molar-refractivity contribution in [1.29, 1.82) is 0 Å². The standard InChI is InChI=1S/C27H23N5O3S/c1-17-8-6-7-11-21(17)25-22(15-32(31-25)19-9-4-3-5-10-19)26(34)30-27-29-23(16-36-27)24-13-12-20(35-24)14-28-18(2)33/h3-13,15-16H,14H2,1-2H3,(H,28,33)(H,29,30,34). The van der Waals surface area contributed by atoms with Gasteiger partial charge in [0.05, 0.1) is 17.8 Å². The predicted octanol–water partition coefficient (Wildman–Crippen LogP) is 5.45. The van der Waals surface area contributed by atoms with E-state index in [4.69, 9.17) is 9.52 Å². The lowest BCUT2D eigenvalue weighted by molar-refractivity contribution is -0.119. The van der Waals surface area contributed by atoms with Crippen LogP contribution in [0.4, 0.5) is 5.13 Å². The van der Waals surface area contributed by atoms with Crippen LogP contribution < -0.4 is 10.6 Å². The van der Waals surface area contributed by atoms with Crippen molar-refractivity contribution in [2.24, 2.45) is 0 Å². The molecule has 0 unspecified atom stereocenters. The van der Waals surface area contributed by atoms with E-state index in [2.05, 4.69) is 15.6 Å². The number of nitrogens with zero attached hydrogens (tertiary/aromatic N) is 3. The Morgan fingerprint density at radius 2 is 1.81 bits per heavy atom. The van der Waals surface area contributed by atoms with Crippen LogP contribution in [0.1, 0.15) is 28.6 Å². The first-order valence-corrected chi connectivity index (χ1v) is 12.2. The highest BCUT2D eigenvalue weighted by Gasteiger charge is 2.21. The fourth-order valence-electron chi connectivity index (χ4n) is 3.72. The van der Waals surface area contributed by atoms with Crippen LogP contribution in [-0.2, 0) is 11.3 Å². The van der Waals surface area contributed by atoms with Gasteiger partial charge >= 0.3 is 0 Å². The molecule has 0 aliphatic rings. The number of para-hydroxylation sites is 1. The topological polar surface area (TPSA) is 102 Å². The molecule has 9 heteroatoms. The lowest BCUT2D eigenvalue weighted by atomic mass is 10.0.